The summed E-state index contributed by atoms with van der Waals surface area (Å²) in [6.45, 7) is 5.14. The van der Waals surface area contributed by atoms with E-state index < -0.39 is 17.5 Å². The normalized spacial score (nSPS) is 11.3. The van der Waals surface area contributed by atoms with Crippen LogP contribution < -0.4 is 0 Å². The molecule has 4 aromatic rings. The summed E-state index contributed by atoms with van der Waals surface area (Å²) in [5, 5.41) is 0. The monoisotopic (exact) mass is 433 g/mol. The van der Waals surface area contributed by atoms with Gasteiger partial charge in [-0.3, -0.25) is 4.79 Å². The van der Waals surface area contributed by atoms with Crippen molar-refractivity contribution in [3.8, 4) is 0 Å². The average molecular weight is 434 g/mol. The van der Waals surface area contributed by atoms with E-state index in [4.69, 9.17) is 4.98 Å². The van der Waals surface area contributed by atoms with Crippen LogP contribution >= 0.6 is 0 Å². The van der Waals surface area contributed by atoms with Crippen molar-refractivity contribution in [3.63, 3.8) is 0 Å². The first kappa shape index (κ1) is 21.7. The zero-order chi connectivity index (χ0) is 22.7. The van der Waals surface area contributed by atoms with Crippen LogP contribution in [0, 0.1) is 17.6 Å². The van der Waals surface area contributed by atoms with Gasteiger partial charge in [0.1, 0.15) is 17.5 Å². The molecule has 0 atom stereocenters. The first-order chi connectivity index (χ1) is 15.4. The Labute approximate surface area is 186 Å². The van der Waals surface area contributed by atoms with Crippen molar-refractivity contribution in [2.75, 3.05) is 6.54 Å². The van der Waals surface area contributed by atoms with E-state index in [1.807, 2.05) is 68.4 Å². The number of imidazole rings is 1. The third-order valence-electron chi connectivity index (χ3n) is 5.28. The molecule has 0 bridgehead atoms. The predicted molar refractivity (Wildman–Crippen MR) is 121 cm³/mol. The number of para-hydroxylation sites is 2. The van der Waals surface area contributed by atoms with E-state index in [1.54, 1.807) is 4.90 Å². The van der Waals surface area contributed by atoms with Crippen LogP contribution in [0.3, 0.4) is 0 Å². The summed E-state index contributed by atoms with van der Waals surface area (Å²) < 4.78 is 30.2. The van der Waals surface area contributed by atoms with Crippen molar-refractivity contribution in [3.05, 3.63) is 101 Å². The maximum absolute atomic E-state index is 14.4. The Balaban J connectivity index is 1.73. The highest BCUT2D eigenvalue weighted by molar-refractivity contribution is 5.94. The highest BCUT2D eigenvalue weighted by Crippen LogP contribution is 2.21. The number of nitrogens with zero attached hydrogens (tertiary/aromatic N) is 3. The predicted octanol–water partition coefficient (Wildman–Crippen LogP) is 5.66. The minimum atomic E-state index is -0.733. The van der Waals surface area contributed by atoms with Gasteiger partial charge in [-0.1, -0.05) is 56.3 Å². The highest BCUT2D eigenvalue weighted by atomic mass is 19.1. The second-order valence-electron chi connectivity index (χ2n) is 8.29. The first-order valence-corrected chi connectivity index (χ1v) is 10.6. The van der Waals surface area contributed by atoms with Gasteiger partial charge in [0.05, 0.1) is 23.1 Å². The van der Waals surface area contributed by atoms with Crippen molar-refractivity contribution >= 4 is 16.9 Å². The van der Waals surface area contributed by atoms with Gasteiger partial charge in [-0.25, -0.2) is 13.8 Å². The minimum Gasteiger partial charge on any atom is -0.331 e. The fourth-order valence-corrected chi connectivity index (χ4v) is 3.85. The summed E-state index contributed by atoms with van der Waals surface area (Å²) in [5.41, 5.74) is 2.62. The van der Waals surface area contributed by atoms with Crippen LogP contribution in [0.4, 0.5) is 8.78 Å². The molecule has 0 fully saturated rings. The Bertz CT molecular complexity index is 1230. The van der Waals surface area contributed by atoms with Gasteiger partial charge < -0.3 is 9.47 Å². The number of rotatable bonds is 7. The Morgan fingerprint density at radius 2 is 1.72 bits per heavy atom. The van der Waals surface area contributed by atoms with Crippen LogP contribution in [0.2, 0.25) is 0 Å². The van der Waals surface area contributed by atoms with Crippen molar-refractivity contribution in [2.24, 2.45) is 5.92 Å². The summed E-state index contributed by atoms with van der Waals surface area (Å²) in [4.78, 5) is 19.5. The lowest BCUT2D eigenvalue weighted by molar-refractivity contribution is 0.0711. The van der Waals surface area contributed by atoms with Crippen molar-refractivity contribution in [1.29, 1.82) is 0 Å². The van der Waals surface area contributed by atoms with E-state index in [9.17, 15) is 13.6 Å². The Morgan fingerprint density at radius 1 is 1.00 bits per heavy atom. The van der Waals surface area contributed by atoms with E-state index in [0.29, 0.717) is 18.9 Å². The van der Waals surface area contributed by atoms with Crippen LogP contribution in [0.1, 0.15) is 35.6 Å². The molecular formula is C26H25F2N3O. The number of amides is 1. The van der Waals surface area contributed by atoms with Gasteiger partial charge in [0.2, 0.25) is 0 Å². The van der Waals surface area contributed by atoms with Gasteiger partial charge in [-0.2, -0.15) is 0 Å². The quantitative estimate of drug-likeness (QED) is 0.377. The second-order valence-corrected chi connectivity index (χ2v) is 8.29. The molecular weight excluding hydrogens is 408 g/mol. The maximum atomic E-state index is 14.4. The lowest BCUT2D eigenvalue weighted by Crippen LogP contribution is -2.35. The zero-order valence-electron chi connectivity index (χ0n) is 18.1. The molecule has 3 aromatic carbocycles. The van der Waals surface area contributed by atoms with Gasteiger partial charge in [0.15, 0.2) is 0 Å². The smallest absolute Gasteiger partial charge is 0.257 e. The number of hydrogen-bond donors (Lipinski definition) is 0. The topological polar surface area (TPSA) is 38.1 Å². The summed E-state index contributed by atoms with van der Waals surface area (Å²) in [6, 6.07) is 20.8. The number of halogens is 2. The van der Waals surface area contributed by atoms with E-state index in [0.717, 1.165) is 34.8 Å². The van der Waals surface area contributed by atoms with Crippen molar-refractivity contribution in [2.45, 2.75) is 26.9 Å². The fourth-order valence-electron chi connectivity index (χ4n) is 3.85. The summed E-state index contributed by atoms with van der Waals surface area (Å²) >= 11 is 0. The van der Waals surface area contributed by atoms with Gasteiger partial charge in [0, 0.05) is 13.1 Å². The molecule has 0 spiro atoms. The van der Waals surface area contributed by atoms with Gasteiger partial charge in [0.25, 0.3) is 5.91 Å². The maximum Gasteiger partial charge on any atom is 0.257 e. The van der Waals surface area contributed by atoms with Crippen LogP contribution in [-0.2, 0) is 13.1 Å². The molecule has 4 nitrogen and oxygen atoms in total. The lowest BCUT2D eigenvalue weighted by atomic mass is 10.1. The molecule has 164 valence electrons. The molecule has 0 N–H and O–H groups in total. The number of hydrogen-bond acceptors (Lipinski definition) is 2. The molecule has 4 rings (SSSR count). The molecule has 0 unspecified atom stereocenters. The molecule has 6 heteroatoms. The molecule has 0 saturated carbocycles. The number of carbonyl (C=O) groups is 1. The summed E-state index contributed by atoms with van der Waals surface area (Å²) in [7, 11) is 0. The molecule has 1 heterocycles. The summed E-state index contributed by atoms with van der Waals surface area (Å²) in [5.74, 6) is -1.09. The van der Waals surface area contributed by atoms with Crippen LogP contribution in [0.25, 0.3) is 11.0 Å². The molecule has 0 aliphatic heterocycles. The molecule has 0 radical (unpaired) electrons. The second kappa shape index (κ2) is 9.30. The first-order valence-electron chi connectivity index (χ1n) is 10.6. The van der Waals surface area contributed by atoms with Gasteiger partial charge in [-0.15, -0.1) is 0 Å². The largest absolute Gasteiger partial charge is 0.331 e. The van der Waals surface area contributed by atoms with E-state index in [-0.39, 0.29) is 18.0 Å². The van der Waals surface area contributed by atoms with Gasteiger partial charge >= 0.3 is 0 Å². The standard InChI is InChI=1S/C26H25F2N3O/c1-18(2)15-30(26(32)21-14-20(27)12-13-22(21)28)17-25-29-23-10-6-7-11-24(23)31(25)16-19-8-4-3-5-9-19/h3-14,18H,15-17H2,1-2H3. The highest BCUT2D eigenvalue weighted by Gasteiger charge is 2.23. The minimum absolute atomic E-state index is 0.141. The molecule has 1 amide bonds. The van der Waals surface area contributed by atoms with Crippen LogP contribution in [-0.4, -0.2) is 26.9 Å². The van der Waals surface area contributed by atoms with E-state index in [2.05, 4.69) is 4.57 Å². The Kier molecular flexibility index (Phi) is 6.30. The Hall–Kier alpha value is -3.54. The lowest BCUT2D eigenvalue weighted by Gasteiger charge is -2.25. The molecule has 0 saturated heterocycles. The number of aromatic nitrogens is 2. The molecule has 0 aliphatic carbocycles. The Morgan fingerprint density at radius 3 is 2.47 bits per heavy atom. The van der Waals surface area contributed by atoms with Crippen molar-refractivity contribution in [1.82, 2.24) is 14.5 Å². The van der Waals surface area contributed by atoms with Crippen LogP contribution in [0.15, 0.2) is 72.8 Å². The van der Waals surface area contributed by atoms with Crippen LogP contribution in [0.5, 0.6) is 0 Å². The number of fused-ring (bicyclic) bond motifs is 1. The van der Waals surface area contributed by atoms with E-state index >= 15 is 0 Å². The molecule has 32 heavy (non-hydrogen) atoms. The van der Waals surface area contributed by atoms with Crippen molar-refractivity contribution < 1.29 is 13.6 Å². The zero-order valence-corrected chi connectivity index (χ0v) is 18.1. The third kappa shape index (κ3) is 4.69. The molecule has 1 aromatic heterocycles. The van der Waals surface area contributed by atoms with E-state index in [1.165, 1.54) is 0 Å². The van der Waals surface area contributed by atoms with Gasteiger partial charge in [-0.05, 0) is 41.8 Å². The average Bonchev–Trinajstić information content (AvgIpc) is 3.12. The number of benzene rings is 3. The SMILES string of the molecule is CC(C)CN(Cc1nc2ccccc2n1Cc1ccccc1)C(=O)c1cc(F)ccc1F. The number of carbonyl (C=O) groups excluding carboxylic acids is 1. The fraction of sp³-hybridized carbons (Fsp3) is 0.231. The third-order valence-corrected chi connectivity index (χ3v) is 5.28. The molecule has 0 aliphatic rings. The summed E-state index contributed by atoms with van der Waals surface area (Å²) in [6.07, 6.45) is 0.